The summed E-state index contributed by atoms with van der Waals surface area (Å²) in [5, 5.41) is 0. The molecule has 4 heteroatoms. The minimum absolute atomic E-state index is 0.0969. The van der Waals surface area contributed by atoms with Crippen molar-refractivity contribution in [2.75, 3.05) is 0 Å². The van der Waals surface area contributed by atoms with Gasteiger partial charge in [-0.05, 0) is 85.7 Å². The zero-order chi connectivity index (χ0) is 20.6. The standard InChI is InChI=1S/C24H33N3Si/c1-14-15(2)22(28(6,7)27-23(3,4)5)19-12-18-16-10-8-9-11-20(16)24(25,26)21(18)13-17(14)19/h8-13,22,27H,25-26H2,1-7H3. The van der Waals surface area contributed by atoms with Gasteiger partial charge in [-0.3, -0.25) is 0 Å². The molecule has 1 atom stereocenters. The maximum Gasteiger partial charge on any atom is 0.131 e. The van der Waals surface area contributed by atoms with E-state index in [2.05, 4.69) is 83.0 Å². The van der Waals surface area contributed by atoms with Gasteiger partial charge in [-0.25, -0.2) is 0 Å². The van der Waals surface area contributed by atoms with Crippen LogP contribution in [0.5, 0.6) is 0 Å². The van der Waals surface area contributed by atoms with Crippen molar-refractivity contribution in [2.45, 2.75) is 64.5 Å². The molecule has 2 aromatic rings. The Kier molecular flexibility index (Phi) is 4.12. The third-order valence-electron chi connectivity index (χ3n) is 6.46. The predicted molar refractivity (Wildman–Crippen MR) is 122 cm³/mol. The molecule has 0 saturated carbocycles. The molecule has 2 aromatic carbocycles. The molecule has 148 valence electrons. The van der Waals surface area contributed by atoms with E-state index in [0.717, 1.165) is 11.1 Å². The van der Waals surface area contributed by atoms with E-state index in [4.69, 9.17) is 11.5 Å². The lowest BCUT2D eigenvalue weighted by Gasteiger charge is -2.39. The van der Waals surface area contributed by atoms with Gasteiger partial charge in [0.1, 0.15) is 13.9 Å². The van der Waals surface area contributed by atoms with Crippen LogP contribution in [0.4, 0.5) is 0 Å². The molecular weight excluding hydrogens is 358 g/mol. The third-order valence-corrected chi connectivity index (χ3v) is 10.0. The van der Waals surface area contributed by atoms with Crippen LogP contribution >= 0.6 is 0 Å². The maximum atomic E-state index is 6.64. The Hall–Kier alpha value is -1.72. The largest absolute Gasteiger partial charge is 0.332 e. The summed E-state index contributed by atoms with van der Waals surface area (Å²) < 4.78 is 0. The van der Waals surface area contributed by atoms with E-state index in [0.29, 0.717) is 5.54 Å². The first kappa shape index (κ1) is 19.6. The van der Waals surface area contributed by atoms with Crippen molar-refractivity contribution in [3.63, 3.8) is 0 Å². The second kappa shape index (κ2) is 5.89. The van der Waals surface area contributed by atoms with E-state index in [9.17, 15) is 0 Å². The quantitative estimate of drug-likeness (QED) is 0.508. The van der Waals surface area contributed by atoms with Gasteiger partial charge in [-0.1, -0.05) is 42.9 Å². The van der Waals surface area contributed by atoms with Gasteiger partial charge in [0.15, 0.2) is 0 Å². The Morgan fingerprint density at radius 2 is 1.57 bits per heavy atom. The van der Waals surface area contributed by atoms with Gasteiger partial charge < -0.3 is 16.4 Å². The van der Waals surface area contributed by atoms with E-state index in [1.165, 1.54) is 33.4 Å². The van der Waals surface area contributed by atoms with Crippen LogP contribution in [0, 0.1) is 0 Å². The molecule has 0 fully saturated rings. The molecule has 0 heterocycles. The third kappa shape index (κ3) is 2.74. The number of benzene rings is 2. The number of fused-ring (bicyclic) bond motifs is 4. The van der Waals surface area contributed by atoms with Crippen LogP contribution in [0.15, 0.2) is 42.0 Å². The Labute approximate surface area is 170 Å². The molecule has 5 N–H and O–H groups in total. The van der Waals surface area contributed by atoms with Crippen molar-refractivity contribution in [1.29, 1.82) is 0 Å². The van der Waals surface area contributed by atoms with Crippen LogP contribution in [0.25, 0.3) is 16.7 Å². The summed E-state index contributed by atoms with van der Waals surface area (Å²) in [6.07, 6.45) is 0. The fraction of sp³-hybridized carbons (Fsp3) is 0.417. The second-order valence-corrected chi connectivity index (χ2v) is 14.5. The Morgan fingerprint density at radius 3 is 2.21 bits per heavy atom. The van der Waals surface area contributed by atoms with E-state index >= 15 is 0 Å². The van der Waals surface area contributed by atoms with Crippen LogP contribution in [-0.2, 0) is 5.66 Å². The van der Waals surface area contributed by atoms with Crippen molar-refractivity contribution in [3.05, 3.63) is 64.2 Å². The van der Waals surface area contributed by atoms with Gasteiger partial charge in [0.2, 0.25) is 0 Å². The fourth-order valence-corrected chi connectivity index (χ4v) is 9.99. The molecule has 2 aliphatic rings. The number of allylic oxidation sites excluding steroid dienone is 2. The average molecular weight is 392 g/mol. The number of hydrogen-bond donors (Lipinski definition) is 3. The van der Waals surface area contributed by atoms with Crippen molar-refractivity contribution in [1.82, 2.24) is 4.98 Å². The van der Waals surface area contributed by atoms with Gasteiger partial charge in [-0.15, -0.1) is 0 Å². The maximum absolute atomic E-state index is 6.64. The number of nitrogens with two attached hydrogens (primary N) is 2. The summed E-state index contributed by atoms with van der Waals surface area (Å²) in [5.41, 5.74) is 23.0. The average Bonchev–Trinajstić information content (AvgIpc) is 2.94. The SMILES string of the molecule is CC1=C(C)C([Si](C)(C)NC(C)(C)C)c2cc3c(cc21)C(N)(N)c1ccccc1-3. The van der Waals surface area contributed by atoms with E-state index in [1.807, 2.05) is 6.07 Å². The normalized spacial score (nSPS) is 20.2. The molecule has 0 aliphatic heterocycles. The topological polar surface area (TPSA) is 64.1 Å². The van der Waals surface area contributed by atoms with Gasteiger partial charge in [0.25, 0.3) is 0 Å². The highest BCUT2D eigenvalue weighted by atomic mass is 28.3. The van der Waals surface area contributed by atoms with Gasteiger partial charge in [-0.2, -0.15) is 0 Å². The molecule has 2 aliphatic carbocycles. The van der Waals surface area contributed by atoms with E-state index in [1.54, 1.807) is 0 Å². The number of rotatable bonds is 2. The lowest BCUT2D eigenvalue weighted by molar-refractivity contribution is 0.508. The van der Waals surface area contributed by atoms with E-state index in [-0.39, 0.29) is 5.54 Å². The zero-order valence-corrected chi connectivity index (χ0v) is 19.2. The van der Waals surface area contributed by atoms with Crippen LogP contribution in [0.3, 0.4) is 0 Å². The molecule has 0 saturated heterocycles. The molecule has 0 amide bonds. The Bertz CT molecular complexity index is 1010. The van der Waals surface area contributed by atoms with Gasteiger partial charge in [0, 0.05) is 11.1 Å². The summed E-state index contributed by atoms with van der Waals surface area (Å²) >= 11 is 0. The molecule has 1 unspecified atom stereocenters. The summed E-state index contributed by atoms with van der Waals surface area (Å²) in [6.45, 7) is 16.2. The summed E-state index contributed by atoms with van der Waals surface area (Å²) in [4.78, 5) is 3.99. The summed E-state index contributed by atoms with van der Waals surface area (Å²) in [5.74, 6) is 0. The van der Waals surface area contributed by atoms with E-state index < -0.39 is 13.9 Å². The van der Waals surface area contributed by atoms with Crippen molar-refractivity contribution in [2.24, 2.45) is 11.5 Å². The van der Waals surface area contributed by atoms with Crippen LogP contribution in [0.2, 0.25) is 13.1 Å². The first-order chi connectivity index (χ1) is 12.8. The summed E-state index contributed by atoms with van der Waals surface area (Å²) in [6, 6.07) is 13.0. The Balaban J connectivity index is 1.93. The van der Waals surface area contributed by atoms with Crippen LogP contribution in [-0.4, -0.2) is 13.8 Å². The minimum atomic E-state index is -1.79. The fourth-order valence-electron chi connectivity index (χ4n) is 5.60. The molecule has 0 aromatic heterocycles. The van der Waals surface area contributed by atoms with Gasteiger partial charge >= 0.3 is 0 Å². The smallest absolute Gasteiger partial charge is 0.131 e. The van der Waals surface area contributed by atoms with Crippen molar-refractivity contribution >= 4 is 13.8 Å². The number of nitrogens with one attached hydrogen (secondary N) is 1. The molecule has 0 spiro atoms. The Morgan fingerprint density at radius 1 is 0.929 bits per heavy atom. The highest BCUT2D eigenvalue weighted by Crippen LogP contribution is 2.51. The lowest BCUT2D eigenvalue weighted by atomic mass is 9.94. The lowest BCUT2D eigenvalue weighted by Crippen LogP contribution is -2.58. The predicted octanol–water partition coefficient (Wildman–Crippen LogP) is 4.81. The highest BCUT2D eigenvalue weighted by molar-refractivity contribution is 6.77. The molecule has 4 rings (SSSR count). The summed E-state index contributed by atoms with van der Waals surface area (Å²) in [7, 11) is -1.79. The minimum Gasteiger partial charge on any atom is -0.332 e. The molecule has 28 heavy (non-hydrogen) atoms. The molecular formula is C24H33N3Si. The van der Waals surface area contributed by atoms with Crippen LogP contribution < -0.4 is 16.4 Å². The zero-order valence-electron chi connectivity index (χ0n) is 18.2. The second-order valence-electron chi connectivity index (χ2n) is 10.2. The number of hydrogen-bond acceptors (Lipinski definition) is 3. The molecule has 0 bridgehead atoms. The highest BCUT2D eigenvalue weighted by Gasteiger charge is 2.44. The first-order valence-corrected chi connectivity index (χ1v) is 13.3. The van der Waals surface area contributed by atoms with Gasteiger partial charge in [0.05, 0.1) is 0 Å². The van der Waals surface area contributed by atoms with Crippen LogP contribution in [0.1, 0.15) is 62.4 Å². The molecule has 0 radical (unpaired) electrons. The van der Waals surface area contributed by atoms with Crippen molar-refractivity contribution < 1.29 is 0 Å². The monoisotopic (exact) mass is 391 g/mol. The first-order valence-electron chi connectivity index (χ1n) is 10.2. The molecule has 3 nitrogen and oxygen atoms in total. The van der Waals surface area contributed by atoms with Crippen molar-refractivity contribution in [3.8, 4) is 11.1 Å².